The molecule has 0 aliphatic rings. The second-order valence-corrected chi connectivity index (χ2v) is 3.91. The summed E-state index contributed by atoms with van der Waals surface area (Å²) in [6, 6.07) is 0. The van der Waals surface area contributed by atoms with Gasteiger partial charge < -0.3 is 14.9 Å². The first-order chi connectivity index (χ1) is 6.37. The molecule has 5 heteroatoms. The van der Waals surface area contributed by atoms with Crippen LogP contribution in [0, 0.1) is 0 Å². The molecule has 14 heavy (non-hydrogen) atoms. The highest BCUT2D eigenvalue weighted by molar-refractivity contribution is 5.75. The Bertz CT molecular complexity index is 214. The van der Waals surface area contributed by atoms with Crippen LogP contribution in [0.3, 0.4) is 0 Å². The van der Waals surface area contributed by atoms with E-state index in [1.165, 1.54) is 0 Å². The summed E-state index contributed by atoms with van der Waals surface area (Å²) in [5.74, 6) is -0.822. The van der Waals surface area contributed by atoms with Crippen molar-refractivity contribution in [2.24, 2.45) is 0 Å². The maximum absolute atomic E-state index is 10.9. The molecule has 1 amide bonds. The van der Waals surface area contributed by atoms with Crippen molar-refractivity contribution in [1.82, 2.24) is 5.32 Å². The van der Waals surface area contributed by atoms with Crippen LogP contribution in [0.5, 0.6) is 0 Å². The summed E-state index contributed by atoms with van der Waals surface area (Å²) in [5.41, 5.74) is 0. The third kappa shape index (κ3) is 6.42. The molecule has 0 atom stereocenters. The van der Waals surface area contributed by atoms with Gasteiger partial charge in [-0.2, -0.15) is 0 Å². The van der Waals surface area contributed by atoms with E-state index in [2.05, 4.69) is 5.32 Å². The van der Waals surface area contributed by atoms with Gasteiger partial charge in [-0.05, 0) is 0 Å². The Labute approximate surface area is 84.3 Å². The number of rotatable bonds is 6. The van der Waals surface area contributed by atoms with E-state index in [1.54, 1.807) is 6.92 Å². The van der Waals surface area contributed by atoms with Gasteiger partial charge in [0.1, 0.15) is 0 Å². The predicted molar refractivity (Wildman–Crippen MR) is 52.8 cm³/mol. The molecule has 0 saturated carbocycles. The smallest absolute Gasteiger partial charge is 0.359 e. The number of carbonyl (C=O) groups is 2. The molecule has 82 valence electrons. The van der Waals surface area contributed by atoms with Crippen LogP contribution < -0.4 is 5.32 Å². The Hall–Kier alpha value is -1.10. The molecule has 0 aromatic carbocycles. The molecule has 2 N–H and O–H groups in total. The molecule has 0 bridgehead atoms. The highest BCUT2D eigenvalue weighted by Crippen LogP contribution is 1.94. The van der Waals surface area contributed by atoms with Gasteiger partial charge in [0.25, 0.3) is 0 Å². The normalized spacial score (nSPS) is 11.1. The summed E-state index contributed by atoms with van der Waals surface area (Å²) in [7, 11) is 3.65. The lowest BCUT2D eigenvalue weighted by Gasteiger charge is -2.27. The van der Waals surface area contributed by atoms with E-state index in [1.807, 2.05) is 14.1 Å². The Balaban J connectivity index is 3.76. The van der Waals surface area contributed by atoms with Gasteiger partial charge in [0.05, 0.1) is 27.2 Å². The van der Waals surface area contributed by atoms with Crippen LogP contribution in [0.1, 0.15) is 13.3 Å². The molecule has 0 saturated heterocycles. The molecule has 0 aliphatic heterocycles. The minimum absolute atomic E-state index is 0.000301. The Morgan fingerprint density at radius 3 is 2.36 bits per heavy atom. The molecule has 0 heterocycles. The van der Waals surface area contributed by atoms with E-state index in [9.17, 15) is 9.59 Å². The van der Waals surface area contributed by atoms with Crippen LogP contribution >= 0.6 is 0 Å². The van der Waals surface area contributed by atoms with Crippen molar-refractivity contribution in [2.45, 2.75) is 13.3 Å². The second-order valence-electron chi connectivity index (χ2n) is 3.91. The number of hydrogen-bond donors (Lipinski definition) is 2. The third-order valence-electron chi connectivity index (χ3n) is 1.92. The summed E-state index contributed by atoms with van der Waals surface area (Å²) >= 11 is 0. The van der Waals surface area contributed by atoms with E-state index in [0.29, 0.717) is 24.0 Å². The number of amides is 1. The minimum Gasteiger partial charge on any atom is -0.477 e. The second kappa shape index (κ2) is 5.59. The van der Waals surface area contributed by atoms with Crippen LogP contribution in [0.2, 0.25) is 0 Å². The third-order valence-corrected chi connectivity index (χ3v) is 1.92. The molecular weight excluding hydrogens is 184 g/mol. The summed E-state index contributed by atoms with van der Waals surface area (Å²) in [5, 5.41) is 11.3. The van der Waals surface area contributed by atoms with Crippen molar-refractivity contribution in [3.63, 3.8) is 0 Å². The number of nitrogens with one attached hydrogen (secondary N) is 1. The number of aliphatic carboxylic acids is 1. The molecule has 0 fully saturated rings. The Morgan fingerprint density at radius 1 is 1.36 bits per heavy atom. The minimum atomic E-state index is -0.822. The fraction of sp³-hybridized carbons (Fsp3) is 0.778. The highest BCUT2D eigenvalue weighted by atomic mass is 16.4. The lowest BCUT2D eigenvalue weighted by Crippen LogP contribution is -2.48. The van der Waals surface area contributed by atoms with Gasteiger partial charge in [0, 0.05) is 6.42 Å². The summed E-state index contributed by atoms with van der Waals surface area (Å²) in [6.07, 6.45) is 0.465. The predicted octanol–water partition coefficient (Wildman–Crippen LogP) is -0.326. The number of carboxylic acid groups (broad SMARTS) is 1. The lowest BCUT2D eigenvalue weighted by molar-refractivity contribution is -0.881. The molecule has 0 radical (unpaired) electrons. The monoisotopic (exact) mass is 203 g/mol. The van der Waals surface area contributed by atoms with Crippen molar-refractivity contribution in [2.75, 3.05) is 33.7 Å². The van der Waals surface area contributed by atoms with Gasteiger partial charge in [0.15, 0.2) is 6.54 Å². The first-order valence-corrected chi connectivity index (χ1v) is 4.68. The number of carboxylic acids is 1. The first-order valence-electron chi connectivity index (χ1n) is 4.68. The maximum atomic E-state index is 10.9. The van der Waals surface area contributed by atoms with Crippen LogP contribution in [-0.2, 0) is 9.59 Å². The quantitative estimate of drug-likeness (QED) is 0.581. The number of likely N-dealkylation sites (N-methyl/N-ethyl adjacent to an activating group) is 1. The van der Waals surface area contributed by atoms with Crippen molar-refractivity contribution in [1.29, 1.82) is 0 Å². The lowest BCUT2D eigenvalue weighted by atomic mass is 10.4. The molecule has 0 spiro atoms. The van der Waals surface area contributed by atoms with Gasteiger partial charge in [-0.25, -0.2) is 4.79 Å². The van der Waals surface area contributed by atoms with Crippen LogP contribution in [0.15, 0.2) is 0 Å². The molecule has 0 aromatic heterocycles. The van der Waals surface area contributed by atoms with Gasteiger partial charge in [-0.15, -0.1) is 0 Å². The molecule has 0 unspecified atom stereocenters. The summed E-state index contributed by atoms with van der Waals surface area (Å²) < 4.78 is 0.374. The average molecular weight is 203 g/mol. The van der Waals surface area contributed by atoms with Crippen molar-refractivity contribution in [3.05, 3.63) is 0 Å². The van der Waals surface area contributed by atoms with Gasteiger partial charge in [-0.1, -0.05) is 6.92 Å². The summed E-state index contributed by atoms with van der Waals surface area (Å²) in [6.45, 7) is 3.00. The zero-order chi connectivity index (χ0) is 11.2. The Kier molecular flexibility index (Phi) is 5.15. The fourth-order valence-electron chi connectivity index (χ4n) is 1.07. The van der Waals surface area contributed by atoms with Gasteiger partial charge in [-0.3, -0.25) is 4.79 Å². The van der Waals surface area contributed by atoms with Gasteiger partial charge >= 0.3 is 5.97 Å². The van der Waals surface area contributed by atoms with E-state index in [4.69, 9.17) is 5.11 Å². The number of hydrogen-bond acceptors (Lipinski definition) is 2. The van der Waals surface area contributed by atoms with Crippen LogP contribution in [0.4, 0.5) is 0 Å². The van der Waals surface area contributed by atoms with Gasteiger partial charge in [0.2, 0.25) is 5.91 Å². The average Bonchev–Trinajstić information content (AvgIpc) is 2.01. The topological polar surface area (TPSA) is 66.4 Å². The number of quaternary nitrogens is 1. The zero-order valence-electron chi connectivity index (χ0n) is 9.04. The number of nitrogens with zero attached hydrogens (tertiary/aromatic N) is 1. The SMILES string of the molecule is CCC(=O)NCC[N+](C)(C)CC(=O)O. The van der Waals surface area contributed by atoms with Crippen molar-refractivity contribution < 1.29 is 19.2 Å². The molecule has 0 aromatic rings. The largest absolute Gasteiger partial charge is 0.477 e. The standard InChI is InChI=1S/C9H18N2O3/c1-4-8(12)10-5-6-11(2,3)7-9(13)14/h4-7H2,1-3H3,(H-,10,12,13,14)/p+1. The fourth-order valence-corrected chi connectivity index (χ4v) is 1.07. The van der Waals surface area contributed by atoms with E-state index >= 15 is 0 Å². The first kappa shape index (κ1) is 12.9. The maximum Gasteiger partial charge on any atom is 0.359 e. The van der Waals surface area contributed by atoms with E-state index in [0.717, 1.165) is 0 Å². The zero-order valence-corrected chi connectivity index (χ0v) is 9.04. The molecule has 5 nitrogen and oxygen atoms in total. The summed E-state index contributed by atoms with van der Waals surface area (Å²) in [4.78, 5) is 21.4. The Morgan fingerprint density at radius 2 is 1.93 bits per heavy atom. The number of carbonyl (C=O) groups excluding carboxylic acids is 1. The molecule has 0 aliphatic carbocycles. The van der Waals surface area contributed by atoms with Crippen LogP contribution in [-0.4, -0.2) is 55.2 Å². The van der Waals surface area contributed by atoms with Crippen LogP contribution in [0.25, 0.3) is 0 Å². The highest BCUT2D eigenvalue weighted by Gasteiger charge is 2.18. The van der Waals surface area contributed by atoms with E-state index < -0.39 is 5.97 Å². The molecular formula is C9H19N2O3+. The van der Waals surface area contributed by atoms with Crippen molar-refractivity contribution in [3.8, 4) is 0 Å². The van der Waals surface area contributed by atoms with Crippen molar-refractivity contribution >= 4 is 11.9 Å². The molecule has 0 rings (SSSR count). The van der Waals surface area contributed by atoms with E-state index in [-0.39, 0.29) is 12.5 Å².